The van der Waals surface area contributed by atoms with E-state index in [-0.39, 0.29) is 6.04 Å². The van der Waals surface area contributed by atoms with Gasteiger partial charge in [-0.25, -0.2) is 0 Å². The van der Waals surface area contributed by atoms with Gasteiger partial charge >= 0.3 is 5.69 Å². The highest BCUT2D eigenvalue weighted by atomic mass is 19.1. The van der Waals surface area contributed by atoms with Gasteiger partial charge in [0.05, 0.1) is 4.92 Å². The van der Waals surface area contributed by atoms with E-state index in [0.717, 1.165) is 25.3 Å². The third kappa shape index (κ3) is 2.69. The van der Waals surface area contributed by atoms with E-state index >= 15 is 0 Å². The smallest absolute Gasteiger partial charge is 0.327 e. The van der Waals surface area contributed by atoms with Crippen LogP contribution in [0.3, 0.4) is 0 Å². The lowest BCUT2D eigenvalue weighted by Gasteiger charge is -2.37. The molecule has 0 saturated heterocycles. The van der Waals surface area contributed by atoms with Crippen LogP contribution in [0, 0.1) is 21.8 Å². The highest BCUT2D eigenvalue weighted by molar-refractivity contribution is 5.64. The van der Waals surface area contributed by atoms with Crippen LogP contribution in [0.1, 0.15) is 32.6 Å². The van der Waals surface area contributed by atoms with Crippen LogP contribution >= 0.6 is 0 Å². The molecule has 1 aromatic carbocycles. The zero-order valence-electron chi connectivity index (χ0n) is 11.3. The van der Waals surface area contributed by atoms with Crippen LogP contribution in [-0.2, 0) is 0 Å². The first-order chi connectivity index (χ1) is 9.02. The number of benzene rings is 1. The molecule has 1 saturated carbocycles. The highest BCUT2D eigenvalue weighted by Crippen LogP contribution is 2.36. The Morgan fingerprint density at radius 3 is 2.68 bits per heavy atom. The molecule has 1 aromatic rings. The Morgan fingerprint density at radius 1 is 1.37 bits per heavy atom. The highest BCUT2D eigenvalue weighted by Gasteiger charge is 2.30. The van der Waals surface area contributed by atoms with Gasteiger partial charge in [0.25, 0.3) is 0 Å². The zero-order valence-corrected chi connectivity index (χ0v) is 11.3. The number of nitrogens with zero attached hydrogens (tertiary/aromatic N) is 2. The van der Waals surface area contributed by atoms with Crippen molar-refractivity contribution in [1.82, 2.24) is 0 Å². The number of nitro groups is 1. The molecule has 0 aliphatic heterocycles. The summed E-state index contributed by atoms with van der Waals surface area (Å²) in [5, 5.41) is 11.1. The molecule has 2 unspecified atom stereocenters. The van der Waals surface area contributed by atoms with Crippen molar-refractivity contribution in [3.05, 3.63) is 34.1 Å². The summed E-state index contributed by atoms with van der Waals surface area (Å²) in [6.07, 6.45) is 4.46. The Labute approximate surface area is 112 Å². The minimum atomic E-state index is -0.766. The Bertz CT molecular complexity index is 479. The molecule has 0 aromatic heterocycles. The van der Waals surface area contributed by atoms with E-state index in [4.69, 9.17) is 0 Å². The standard InChI is InChI=1S/C14H19FN2O2/c1-10-6-3-4-8-12(10)16(2)13-9-5-7-11(15)14(13)17(18)19/h5,7,9-10,12H,3-4,6,8H2,1-2H3. The Kier molecular flexibility index (Phi) is 4.02. The first kappa shape index (κ1) is 13.8. The molecule has 1 aliphatic rings. The number of halogens is 1. The SMILES string of the molecule is CC1CCCCC1N(C)c1cccc(F)c1[N+](=O)[O-]. The summed E-state index contributed by atoms with van der Waals surface area (Å²) < 4.78 is 13.7. The van der Waals surface area contributed by atoms with Crippen LogP contribution in [0.4, 0.5) is 15.8 Å². The zero-order chi connectivity index (χ0) is 14.0. The normalized spacial score (nSPS) is 23.1. The predicted molar refractivity (Wildman–Crippen MR) is 72.9 cm³/mol. The molecule has 5 heteroatoms. The second-order valence-electron chi connectivity index (χ2n) is 5.30. The van der Waals surface area contributed by atoms with Gasteiger partial charge in [-0.3, -0.25) is 10.1 Å². The number of rotatable bonds is 3. The van der Waals surface area contributed by atoms with E-state index in [1.165, 1.54) is 12.5 Å². The summed E-state index contributed by atoms with van der Waals surface area (Å²) >= 11 is 0. The maximum Gasteiger partial charge on any atom is 0.327 e. The maximum atomic E-state index is 13.7. The van der Waals surface area contributed by atoms with E-state index in [1.807, 2.05) is 11.9 Å². The molecule has 2 rings (SSSR count). The van der Waals surface area contributed by atoms with E-state index in [2.05, 4.69) is 6.92 Å². The maximum absolute atomic E-state index is 13.7. The minimum absolute atomic E-state index is 0.245. The van der Waals surface area contributed by atoms with E-state index in [1.54, 1.807) is 6.07 Å². The molecule has 0 radical (unpaired) electrons. The molecule has 104 valence electrons. The van der Waals surface area contributed by atoms with Crippen molar-refractivity contribution in [2.45, 2.75) is 38.6 Å². The number of nitro benzene ring substituents is 1. The van der Waals surface area contributed by atoms with Crippen molar-refractivity contribution in [3.8, 4) is 0 Å². The van der Waals surface area contributed by atoms with Crippen molar-refractivity contribution < 1.29 is 9.31 Å². The molecule has 2 atom stereocenters. The van der Waals surface area contributed by atoms with Crippen molar-refractivity contribution in [3.63, 3.8) is 0 Å². The fourth-order valence-electron chi connectivity index (χ4n) is 3.02. The van der Waals surface area contributed by atoms with Crippen LogP contribution in [0.25, 0.3) is 0 Å². The molecule has 4 nitrogen and oxygen atoms in total. The largest absolute Gasteiger partial charge is 0.366 e. The van der Waals surface area contributed by atoms with Crippen LogP contribution in [-0.4, -0.2) is 18.0 Å². The first-order valence-corrected chi connectivity index (χ1v) is 6.68. The van der Waals surface area contributed by atoms with Gasteiger partial charge in [0, 0.05) is 13.1 Å². The fraction of sp³-hybridized carbons (Fsp3) is 0.571. The van der Waals surface area contributed by atoms with Gasteiger partial charge in [-0.1, -0.05) is 25.8 Å². The lowest BCUT2D eigenvalue weighted by Crippen LogP contribution is -2.39. The van der Waals surface area contributed by atoms with Gasteiger partial charge in [-0.05, 0) is 30.9 Å². The monoisotopic (exact) mass is 266 g/mol. The number of hydrogen-bond donors (Lipinski definition) is 0. The number of hydrogen-bond acceptors (Lipinski definition) is 3. The van der Waals surface area contributed by atoms with Gasteiger partial charge < -0.3 is 4.90 Å². The van der Waals surface area contributed by atoms with Crippen molar-refractivity contribution in [1.29, 1.82) is 0 Å². The van der Waals surface area contributed by atoms with Gasteiger partial charge in [0.15, 0.2) is 0 Å². The van der Waals surface area contributed by atoms with Crippen LogP contribution < -0.4 is 4.90 Å². The van der Waals surface area contributed by atoms with Gasteiger partial charge in [-0.15, -0.1) is 0 Å². The average molecular weight is 266 g/mol. The molecule has 0 bridgehead atoms. The minimum Gasteiger partial charge on any atom is -0.366 e. The van der Waals surface area contributed by atoms with Gasteiger partial charge in [-0.2, -0.15) is 4.39 Å². The molecule has 0 heterocycles. The predicted octanol–water partition coefficient (Wildman–Crippen LogP) is 3.75. The Hall–Kier alpha value is -1.65. The molecular weight excluding hydrogens is 247 g/mol. The number of para-hydroxylation sites is 1. The van der Waals surface area contributed by atoms with E-state index in [9.17, 15) is 14.5 Å². The summed E-state index contributed by atoms with van der Waals surface area (Å²) in [6, 6.07) is 4.54. The first-order valence-electron chi connectivity index (χ1n) is 6.68. The Morgan fingerprint density at radius 2 is 2.05 bits per heavy atom. The second kappa shape index (κ2) is 5.55. The molecule has 0 spiro atoms. The average Bonchev–Trinajstić information content (AvgIpc) is 2.37. The van der Waals surface area contributed by atoms with Crippen molar-refractivity contribution in [2.75, 3.05) is 11.9 Å². The van der Waals surface area contributed by atoms with Crippen molar-refractivity contribution >= 4 is 11.4 Å². The topological polar surface area (TPSA) is 46.4 Å². The molecule has 19 heavy (non-hydrogen) atoms. The lowest BCUT2D eigenvalue weighted by molar-refractivity contribution is -0.386. The second-order valence-corrected chi connectivity index (χ2v) is 5.30. The van der Waals surface area contributed by atoms with Crippen LogP contribution in [0.2, 0.25) is 0 Å². The van der Waals surface area contributed by atoms with E-state index < -0.39 is 16.4 Å². The van der Waals surface area contributed by atoms with E-state index in [0.29, 0.717) is 11.6 Å². The van der Waals surface area contributed by atoms with Gasteiger partial charge in [0.1, 0.15) is 5.69 Å². The summed E-state index contributed by atoms with van der Waals surface area (Å²) in [7, 11) is 1.83. The third-order valence-corrected chi connectivity index (χ3v) is 4.09. The van der Waals surface area contributed by atoms with Crippen LogP contribution in [0.15, 0.2) is 18.2 Å². The quantitative estimate of drug-likeness (QED) is 0.618. The van der Waals surface area contributed by atoms with Gasteiger partial charge in [0.2, 0.25) is 5.82 Å². The molecule has 1 fully saturated rings. The number of anilines is 1. The molecule has 1 aliphatic carbocycles. The summed E-state index contributed by atoms with van der Waals surface area (Å²) in [4.78, 5) is 12.3. The summed E-state index contributed by atoms with van der Waals surface area (Å²) in [5.41, 5.74) is -0.0356. The molecule has 0 N–H and O–H groups in total. The van der Waals surface area contributed by atoms with Crippen LogP contribution in [0.5, 0.6) is 0 Å². The molecule has 0 amide bonds. The lowest BCUT2D eigenvalue weighted by atomic mass is 9.85. The molecular formula is C14H19FN2O2. The summed E-state index contributed by atoms with van der Waals surface area (Å²) in [5.74, 6) is -0.292. The third-order valence-electron chi connectivity index (χ3n) is 4.09. The van der Waals surface area contributed by atoms with Crippen molar-refractivity contribution in [2.24, 2.45) is 5.92 Å². The fourth-order valence-corrected chi connectivity index (χ4v) is 3.02. The Balaban J connectivity index is 2.35. The summed E-state index contributed by atoms with van der Waals surface area (Å²) in [6.45, 7) is 2.16.